The first-order valence-corrected chi connectivity index (χ1v) is 16.6. The summed E-state index contributed by atoms with van der Waals surface area (Å²) in [5.41, 5.74) is 3.70. The molecule has 0 aliphatic heterocycles. The molecule has 0 bridgehead atoms. The lowest BCUT2D eigenvalue weighted by atomic mass is 9.67. The number of anilines is 2. The van der Waals surface area contributed by atoms with E-state index in [1.165, 1.54) is 12.1 Å². The molecule has 55 heavy (non-hydrogen) atoms. The maximum Gasteiger partial charge on any atom is 0.336 e. The van der Waals surface area contributed by atoms with Crippen molar-refractivity contribution in [3.8, 4) is 11.1 Å². The number of carboxylic acid groups (broad SMARTS) is 4. The van der Waals surface area contributed by atoms with Gasteiger partial charge >= 0.3 is 23.9 Å². The zero-order chi connectivity index (χ0) is 39.0. The summed E-state index contributed by atoms with van der Waals surface area (Å²) in [6.45, 7) is 0. The fourth-order valence-corrected chi connectivity index (χ4v) is 7.14. The smallest absolute Gasteiger partial charge is 0.336 e. The van der Waals surface area contributed by atoms with Crippen LogP contribution in [0.2, 0.25) is 0 Å². The van der Waals surface area contributed by atoms with Gasteiger partial charge in [-0.1, -0.05) is 72.8 Å². The zero-order valence-corrected chi connectivity index (χ0v) is 28.4. The van der Waals surface area contributed by atoms with E-state index >= 15 is 0 Å². The zero-order valence-electron chi connectivity index (χ0n) is 28.4. The van der Waals surface area contributed by atoms with Gasteiger partial charge < -0.3 is 31.1 Å². The minimum absolute atomic E-state index is 0.0339. The Kier molecular flexibility index (Phi) is 9.00. The molecular weight excluding hydrogens is 704 g/mol. The van der Waals surface area contributed by atoms with Gasteiger partial charge in [0.05, 0.1) is 27.7 Å². The highest BCUT2D eigenvalue weighted by atomic mass is 16.4. The Morgan fingerprint density at radius 3 is 1.09 bits per heavy atom. The minimum Gasteiger partial charge on any atom is -0.478 e. The molecule has 0 fully saturated rings. The molecule has 7 rings (SSSR count). The predicted molar refractivity (Wildman–Crippen MR) is 200 cm³/mol. The maximum absolute atomic E-state index is 13.2. The van der Waals surface area contributed by atoms with E-state index in [4.69, 9.17) is 0 Å². The van der Waals surface area contributed by atoms with Gasteiger partial charge in [0.2, 0.25) is 0 Å². The van der Waals surface area contributed by atoms with Gasteiger partial charge in [0.1, 0.15) is 0 Å². The van der Waals surface area contributed by atoms with E-state index in [0.29, 0.717) is 11.4 Å². The van der Waals surface area contributed by atoms with Crippen molar-refractivity contribution in [3.63, 3.8) is 0 Å². The van der Waals surface area contributed by atoms with E-state index in [1.54, 1.807) is 24.3 Å². The molecule has 270 valence electrons. The number of carboxylic acids is 4. The van der Waals surface area contributed by atoms with E-state index in [0.717, 1.165) is 57.6 Å². The van der Waals surface area contributed by atoms with Crippen LogP contribution in [0.15, 0.2) is 133 Å². The number of rotatable bonds is 10. The SMILES string of the molecule is O=C(Nc1ccc(C2(c3ccc(NC(=O)c4ccc(C(=O)O)c(C(=O)O)c4)cc3)c3ccccc3-c3ccccc32)cc1)c1ccc(C(=O)O)c(C(=O)O)c1. The van der Waals surface area contributed by atoms with Crippen LogP contribution in [0.4, 0.5) is 11.4 Å². The normalized spacial score (nSPS) is 12.1. The third kappa shape index (κ3) is 6.23. The van der Waals surface area contributed by atoms with Gasteiger partial charge in [-0.3, -0.25) is 9.59 Å². The highest BCUT2D eigenvalue weighted by molar-refractivity contribution is 6.09. The number of fused-ring (bicyclic) bond motifs is 3. The Balaban J connectivity index is 1.24. The van der Waals surface area contributed by atoms with Crippen LogP contribution in [0.25, 0.3) is 11.1 Å². The van der Waals surface area contributed by atoms with E-state index in [9.17, 15) is 49.2 Å². The van der Waals surface area contributed by atoms with Gasteiger partial charge in [-0.05, 0) is 94.0 Å². The van der Waals surface area contributed by atoms with Gasteiger partial charge in [-0.15, -0.1) is 0 Å². The molecule has 0 aromatic heterocycles. The molecule has 12 heteroatoms. The second-order valence-corrected chi connectivity index (χ2v) is 12.6. The average molecular weight is 733 g/mol. The number of hydrogen-bond acceptors (Lipinski definition) is 6. The number of amides is 2. The summed E-state index contributed by atoms with van der Waals surface area (Å²) in [5.74, 6) is -7.07. The van der Waals surface area contributed by atoms with Crippen molar-refractivity contribution in [1.29, 1.82) is 0 Å². The molecule has 0 saturated heterocycles. The van der Waals surface area contributed by atoms with Gasteiger partial charge in [0.25, 0.3) is 11.8 Å². The summed E-state index contributed by atoms with van der Waals surface area (Å²) in [5, 5.41) is 43.2. The van der Waals surface area contributed by atoms with E-state index < -0.39 is 63.4 Å². The summed E-state index contributed by atoms with van der Waals surface area (Å²) < 4.78 is 0. The summed E-state index contributed by atoms with van der Waals surface area (Å²) in [7, 11) is 0. The Morgan fingerprint density at radius 1 is 0.400 bits per heavy atom. The summed E-state index contributed by atoms with van der Waals surface area (Å²) in [6.07, 6.45) is 0. The van der Waals surface area contributed by atoms with E-state index in [-0.39, 0.29) is 11.1 Å². The molecule has 6 aromatic rings. The molecule has 0 atom stereocenters. The fourth-order valence-electron chi connectivity index (χ4n) is 7.14. The summed E-state index contributed by atoms with van der Waals surface area (Å²) in [4.78, 5) is 72.7. The second-order valence-electron chi connectivity index (χ2n) is 12.6. The lowest BCUT2D eigenvalue weighted by molar-refractivity contribution is 0.0651. The van der Waals surface area contributed by atoms with Crippen LogP contribution >= 0.6 is 0 Å². The van der Waals surface area contributed by atoms with Gasteiger partial charge in [0.15, 0.2) is 0 Å². The quantitative estimate of drug-likeness (QED) is 0.0824. The van der Waals surface area contributed by atoms with Crippen LogP contribution < -0.4 is 10.6 Å². The number of benzene rings is 6. The Labute approximate surface area is 312 Å². The Bertz CT molecular complexity index is 2410. The lowest BCUT2D eigenvalue weighted by Gasteiger charge is -2.34. The molecular formula is C43H28N2O10. The average Bonchev–Trinajstić information content (AvgIpc) is 3.49. The summed E-state index contributed by atoms with van der Waals surface area (Å²) >= 11 is 0. The molecule has 12 nitrogen and oxygen atoms in total. The van der Waals surface area contributed by atoms with Gasteiger partial charge in [-0.2, -0.15) is 0 Å². The molecule has 1 aliphatic rings. The Hall–Kier alpha value is -7.86. The number of hydrogen-bond donors (Lipinski definition) is 6. The molecule has 0 spiro atoms. The first kappa shape index (κ1) is 35.5. The lowest BCUT2D eigenvalue weighted by Crippen LogP contribution is -2.28. The van der Waals surface area contributed by atoms with Crippen molar-refractivity contribution in [2.75, 3.05) is 10.6 Å². The van der Waals surface area contributed by atoms with Crippen molar-refractivity contribution >= 4 is 47.1 Å². The second kappa shape index (κ2) is 13.9. The highest BCUT2D eigenvalue weighted by Gasteiger charge is 2.45. The van der Waals surface area contributed by atoms with E-state index in [2.05, 4.69) is 10.6 Å². The van der Waals surface area contributed by atoms with Crippen molar-refractivity contribution in [2.24, 2.45) is 0 Å². The third-order valence-corrected chi connectivity index (χ3v) is 9.59. The van der Waals surface area contributed by atoms with E-state index in [1.807, 2.05) is 72.8 Å². The highest BCUT2D eigenvalue weighted by Crippen LogP contribution is 2.56. The van der Waals surface area contributed by atoms with Crippen LogP contribution in [0.5, 0.6) is 0 Å². The molecule has 6 aromatic carbocycles. The predicted octanol–water partition coefficient (Wildman–Crippen LogP) is 7.35. The van der Waals surface area contributed by atoms with Crippen molar-refractivity contribution < 1.29 is 49.2 Å². The van der Waals surface area contributed by atoms with Gasteiger partial charge in [-0.25, -0.2) is 19.2 Å². The first-order valence-electron chi connectivity index (χ1n) is 16.6. The van der Waals surface area contributed by atoms with Crippen LogP contribution in [-0.4, -0.2) is 56.1 Å². The largest absolute Gasteiger partial charge is 0.478 e. The Morgan fingerprint density at radius 2 is 0.745 bits per heavy atom. The maximum atomic E-state index is 13.2. The monoisotopic (exact) mass is 732 g/mol. The molecule has 2 amide bonds. The molecule has 1 aliphatic carbocycles. The number of nitrogens with one attached hydrogen (secondary N) is 2. The molecule has 0 radical (unpaired) electrons. The number of carbonyl (C=O) groups is 6. The van der Waals surface area contributed by atoms with Crippen molar-refractivity contribution in [3.05, 3.63) is 189 Å². The van der Waals surface area contributed by atoms with Crippen LogP contribution in [0, 0.1) is 0 Å². The fraction of sp³-hybridized carbons (Fsp3) is 0.0233. The van der Waals surface area contributed by atoms with Gasteiger partial charge in [0, 0.05) is 22.5 Å². The minimum atomic E-state index is -1.48. The van der Waals surface area contributed by atoms with Crippen molar-refractivity contribution in [1.82, 2.24) is 0 Å². The topological polar surface area (TPSA) is 207 Å². The van der Waals surface area contributed by atoms with Crippen LogP contribution in [-0.2, 0) is 5.41 Å². The molecule has 0 heterocycles. The standard InChI is InChI=1S/C43H28N2O10/c46-37(23-9-19-31(39(48)49)33(21-23)41(52)53)44-27-15-11-25(12-16-27)43(35-7-3-1-5-29(35)30-6-2-4-8-36(30)43)26-13-17-28(18-14-26)45-38(47)24-10-20-32(40(50)51)34(22-24)42(54)55/h1-22H,(H,44,46)(H,45,47)(H,48,49)(H,50,51)(H,52,53)(H,54,55). The molecule has 0 unspecified atom stereocenters. The third-order valence-electron chi connectivity index (χ3n) is 9.59. The molecule has 0 saturated carbocycles. The first-order chi connectivity index (χ1) is 26.4. The van der Waals surface area contributed by atoms with Crippen molar-refractivity contribution in [2.45, 2.75) is 5.41 Å². The number of carbonyl (C=O) groups excluding carboxylic acids is 2. The number of aromatic carboxylic acids is 4. The molecule has 6 N–H and O–H groups in total. The van der Waals surface area contributed by atoms with Crippen LogP contribution in [0.3, 0.4) is 0 Å². The summed E-state index contributed by atoms with van der Waals surface area (Å²) in [6, 6.07) is 37.1. The van der Waals surface area contributed by atoms with Crippen LogP contribution in [0.1, 0.15) is 84.4 Å².